The van der Waals surface area contributed by atoms with Gasteiger partial charge in [-0.2, -0.15) is 0 Å². The molecule has 140 valence electrons. The quantitative estimate of drug-likeness (QED) is 0.899. The first-order valence-corrected chi connectivity index (χ1v) is 9.56. The molecule has 26 heavy (non-hydrogen) atoms. The minimum Gasteiger partial charge on any atom is -0.454 e. The molecule has 0 unspecified atom stereocenters. The Kier molecular flexibility index (Phi) is 4.51. The maximum Gasteiger partial charge on any atom is 0.245 e. The van der Waals surface area contributed by atoms with Crippen LogP contribution in [0.3, 0.4) is 0 Å². The van der Waals surface area contributed by atoms with E-state index in [0.717, 1.165) is 24.2 Å². The van der Waals surface area contributed by atoms with E-state index in [1.54, 1.807) is 4.90 Å². The zero-order valence-corrected chi connectivity index (χ0v) is 15.3. The molecule has 2 fully saturated rings. The van der Waals surface area contributed by atoms with E-state index in [0.29, 0.717) is 25.1 Å². The largest absolute Gasteiger partial charge is 0.454 e. The summed E-state index contributed by atoms with van der Waals surface area (Å²) in [5, 5.41) is 3.20. The molecule has 1 N–H and O–H groups in total. The Morgan fingerprint density at radius 2 is 2.00 bits per heavy atom. The van der Waals surface area contributed by atoms with Crippen LogP contribution in [-0.2, 0) is 16.1 Å². The van der Waals surface area contributed by atoms with E-state index in [1.807, 2.05) is 25.1 Å². The molecule has 2 amide bonds. The van der Waals surface area contributed by atoms with Gasteiger partial charge in [0.2, 0.25) is 18.6 Å². The molecule has 0 spiro atoms. The summed E-state index contributed by atoms with van der Waals surface area (Å²) in [7, 11) is 0. The van der Waals surface area contributed by atoms with Gasteiger partial charge in [-0.3, -0.25) is 9.59 Å². The predicted octanol–water partition coefficient (Wildman–Crippen LogP) is 2.75. The Morgan fingerprint density at radius 3 is 2.81 bits per heavy atom. The standard InChI is InChI=1S/C20H26N2O4/c1-20(19(24)21-15-5-3-2-4-6-15)10-9-18(23)22(20)12-14-7-8-16-17(11-14)26-13-25-16/h7-8,11,15H,2-6,9-10,12-13H2,1H3,(H,21,24)/t20-/m0/s1. The lowest BCUT2D eigenvalue weighted by Crippen LogP contribution is -2.56. The number of nitrogens with one attached hydrogen (secondary N) is 1. The second kappa shape index (κ2) is 6.82. The van der Waals surface area contributed by atoms with Gasteiger partial charge in [-0.15, -0.1) is 0 Å². The molecule has 1 atom stereocenters. The number of amides is 2. The Morgan fingerprint density at radius 1 is 1.23 bits per heavy atom. The van der Waals surface area contributed by atoms with E-state index < -0.39 is 5.54 Å². The highest BCUT2D eigenvalue weighted by atomic mass is 16.7. The Hall–Kier alpha value is -2.24. The van der Waals surface area contributed by atoms with Crippen molar-refractivity contribution < 1.29 is 19.1 Å². The zero-order chi connectivity index (χ0) is 18.1. The van der Waals surface area contributed by atoms with Crippen molar-refractivity contribution in [3.05, 3.63) is 23.8 Å². The van der Waals surface area contributed by atoms with E-state index in [-0.39, 0.29) is 24.6 Å². The molecule has 0 radical (unpaired) electrons. The van der Waals surface area contributed by atoms with Gasteiger partial charge in [0.05, 0.1) is 0 Å². The maximum absolute atomic E-state index is 13.0. The number of ether oxygens (including phenoxy) is 2. The molecular weight excluding hydrogens is 332 g/mol. The molecule has 4 rings (SSSR count). The summed E-state index contributed by atoms with van der Waals surface area (Å²) in [6.45, 7) is 2.52. The molecule has 0 aromatic heterocycles. The predicted molar refractivity (Wildman–Crippen MR) is 95.8 cm³/mol. The van der Waals surface area contributed by atoms with Gasteiger partial charge in [0.1, 0.15) is 5.54 Å². The molecule has 1 aromatic carbocycles. The van der Waals surface area contributed by atoms with Gasteiger partial charge in [0, 0.05) is 19.0 Å². The van der Waals surface area contributed by atoms with Gasteiger partial charge in [-0.25, -0.2) is 0 Å². The second-order valence-corrected chi connectivity index (χ2v) is 7.75. The summed E-state index contributed by atoms with van der Waals surface area (Å²) in [6.07, 6.45) is 6.64. The number of nitrogens with zero attached hydrogens (tertiary/aromatic N) is 1. The van der Waals surface area contributed by atoms with Crippen LogP contribution in [0.2, 0.25) is 0 Å². The van der Waals surface area contributed by atoms with Crippen LogP contribution in [0.5, 0.6) is 11.5 Å². The third kappa shape index (κ3) is 3.13. The third-order valence-corrected chi connectivity index (χ3v) is 5.93. The Balaban J connectivity index is 1.49. The van der Waals surface area contributed by atoms with Gasteiger partial charge in [0.25, 0.3) is 0 Å². The minimum atomic E-state index is -0.787. The van der Waals surface area contributed by atoms with Crippen LogP contribution in [0, 0.1) is 0 Å². The van der Waals surface area contributed by atoms with Crippen LogP contribution in [-0.4, -0.2) is 35.1 Å². The number of hydrogen-bond donors (Lipinski definition) is 1. The van der Waals surface area contributed by atoms with Gasteiger partial charge in [-0.05, 0) is 43.9 Å². The molecule has 2 heterocycles. The summed E-state index contributed by atoms with van der Waals surface area (Å²) in [5.74, 6) is 1.43. The van der Waals surface area contributed by atoms with Crippen molar-refractivity contribution in [1.82, 2.24) is 10.2 Å². The molecule has 3 aliphatic rings. The second-order valence-electron chi connectivity index (χ2n) is 7.75. The molecule has 1 aliphatic carbocycles. The van der Waals surface area contributed by atoms with Gasteiger partial charge < -0.3 is 19.7 Å². The average Bonchev–Trinajstić information content (AvgIpc) is 3.23. The molecule has 2 aliphatic heterocycles. The van der Waals surface area contributed by atoms with E-state index in [1.165, 1.54) is 19.3 Å². The summed E-state index contributed by atoms with van der Waals surface area (Å²) in [4.78, 5) is 27.3. The number of likely N-dealkylation sites (tertiary alicyclic amines) is 1. The third-order valence-electron chi connectivity index (χ3n) is 5.93. The van der Waals surface area contributed by atoms with Crippen molar-refractivity contribution in [1.29, 1.82) is 0 Å². The van der Waals surface area contributed by atoms with Crippen LogP contribution < -0.4 is 14.8 Å². The van der Waals surface area contributed by atoms with Crippen molar-refractivity contribution in [3.8, 4) is 11.5 Å². The van der Waals surface area contributed by atoms with Crippen molar-refractivity contribution in [2.24, 2.45) is 0 Å². The number of fused-ring (bicyclic) bond motifs is 1. The molecule has 6 nitrogen and oxygen atoms in total. The first-order valence-electron chi connectivity index (χ1n) is 9.56. The van der Waals surface area contributed by atoms with Gasteiger partial charge in [0.15, 0.2) is 11.5 Å². The fraction of sp³-hybridized carbons (Fsp3) is 0.600. The summed E-state index contributed by atoms with van der Waals surface area (Å²) < 4.78 is 10.8. The van der Waals surface area contributed by atoms with Crippen molar-refractivity contribution in [2.75, 3.05) is 6.79 Å². The fourth-order valence-corrected chi connectivity index (χ4v) is 4.20. The lowest BCUT2D eigenvalue weighted by Gasteiger charge is -2.36. The zero-order valence-electron chi connectivity index (χ0n) is 15.3. The highest BCUT2D eigenvalue weighted by molar-refractivity contribution is 5.94. The normalized spacial score (nSPS) is 25.6. The number of hydrogen-bond acceptors (Lipinski definition) is 4. The molecule has 1 saturated carbocycles. The number of carbonyl (C=O) groups is 2. The maximum atomic E-state index is 13.0. The average molecular weight is 358 g/mol. The smallest absolute Gasteiger partial charge is 0.245 e. The summed E-state index contributed by atoms with van der Waals surface area (Å²) >= 11 is 0. The topological polar surface area (TPSA) is 67.9 Å². The van der Waals surface area contributed by atoms with Gasteiger partial charge >= 0.3 is 0 Å². The molecular formula is C20H26N2O4. The Labute approximate surface area is 153 Å². The van der Waals surface area contributed by atoms with E-state index >= 15 is 0 Å². The number of rotatable bonds is 4. The van der Waals surface area contributed by atoms with Crippen LogP contribution in [0.15, 0.2) is 18.2 Å². The molecule has 1 aromatic rings. The lowest BCUT2D eigenvalue weighted by molar-refractivity contribution is -0.141. The van der Waals surface area contributed by atoms with E-state index in [9.17, 15) is 9.59 Å². The SMILES string of the molecule is C[C@@]1(C(=O)NC2CCCCC2)CCC(=O)N1Cc1ccc2c(c1)OCO2. The van der Waals surface area contributed by atoms with Crippen LogP contribution >= 0.6 is 0 Å². The summed E-state index contributed by atoms with van der Waals surface area (Å²) in [5.41, 5.74) is 0.159. The number of carbonyl (C=O) groups excluding carboxylic acids is 2. The fourth-order valence-electron chi connectivity index (χ4n) is 4.20. The molecule has 0 bridgehead atoms. The summed E-state index contributed by atoms with van der Waals surface area (Å²) in [6, 6.07) is 5.93. The van der Waals surface area contributed by atoms with Crippen molar-refractivity contribution in [3.63, 3.8) is 0 Å². The highest BCUT2D eigenvalue weighted by Crippen LogP contribution is 2.36. The highest BCUT2D eigenvalue weighted by Gasteiger charge is 2.47. The van der Waals surface area contributed by atoms with Crippen LogP contribution in [0.4, 0.5) is 0 Å². The monoisotopic (exact) mass is 358 g/mol. The molecule has 6 heteroatoms. The van der Waals surface area contributed by atoms with Crippen LogP contribution in [0.1, 0.15) is 57.4 Å². The molecule has 1 saturated heterocycles. The van der Waals surface area contributed by atoms with Crippen molar-refractivity contribution >= 4 is 11.8 Å². The Bertz CT molecular complexity index is 714. The first kappa shape index (κ1) is 17.2. The minimum absolute atomic E-state index is 0.0176. The van der Waals surface area contributed by atoms with Crippen LogP contribution in [0.25, 0.3) is 0 Å². The van der Waals surface area contributed by atoms with E-state index in [4.69, 9.17) is 9.47 Å². The van der Waals surface area contributed by atoms with Crippen molar-refractivity contribution in [2.45, 2.75) is 70.0 Å². The van der Waals surface area contributed by atoms with Gasteiger partial charge in [-0.1, -0.05) is 25.3 Å². The number of benzene rings is 1. The first-order chi connectivity index (χ1) is 12.6. The van der Waals surface area contributed by atoms with E-state index in [2.05, 4.69) is 5.32 Å². The lowest BCUT2D eigenvalue weighted by atomic mass is 9.92.